The molecule has 1 atom stereocenters. The zero-order chi connectivity index (χ0) is 13.2. The fraction of sp³-hybridized carbons (Fsp3) is 0.143. The first-order valence-corrected chi connectivity index (χ1v) is 8.64. The van der Waals surface area contributed by atoms with Gasteiger partial charge in [-0.15, -0.1) is 0 Å². The number of hydrogen-bond donors (Lipinski definition) is 0. The highest BCUT2D eigenvalue weighted by Crippen LogP contribution is 2.50. The normalized spacial score (nSPS) is 13.3. The number of alkyl halides is 4. The van der Waals surface area contributed by atoms with Crippen molar-refractivity contribution in [3.05, 3.63) is 60.2 Å². The Morgan fingerprint density at radius 1 is 0.778 bits per heavy atom. The topological polar surface area (TPSA) is 0 Å². The fourth-order valence-corrected chi connectivity index (χ4v) is 2.77. The van der Waals surface area contributed by atoms with Crippen LogP contribution in [-0.2, 0) is 0 Å². The second kappa shape index (κ2) is 6.21. The number of halogens is 4. The van der Waals surface area contributed by atoms with Crippen LogP contribution in [0.4, 0.5) is 0 Å². The Bertz CT molecular complexity index is 517. The highest BCUT2D eigenvalue weighted by molar-refractivity contribution is 9.40. The van der Waals surface area contributed by atoms with E-state index in [9.17, 15) is 0 Å². The highest BCUT2D eigenvalue weighted by atomic mass is 80.0. The molecule has 0 heterocycles. The molecular formula is C14H10Br4. The molecule has 0 aliphatic rings. The molecule has 18 heavy (non-hydrogen) atoms. The summed E-state index contributed by atoms with van der Waals surface area (Å²) in [7, 11) is 0. The van der Waals surface area contributed by atoms with Gasteiger partial charge >= 0.3 is 0 Å². The van der Waals surface area contributed by atoms with Crippen LogP contribution in [-0.4, -0.2) is 2.14 Å². The maximum Gasteiger partial charge on any atom is 0.151 e. The van der Waals surface area contributed by atoms with Gasteiger partial charge in [0.05, 0.1) is 4.83 Å². The highest BCUT2D eigenvalue weighted by Gasteiger charge is 2.29. The Morgan fingerprint density at radius 2 is 1.39 bits per heavy atom. The molecule has 2 rings (SSSR count). The molecule has 0 N–H and O–H groups in total. The molecule has 0 saturated carbocycles. The van der Waals surface area contributed by atoms with E-state index in [2.05, 4.69) is 112 Å². The first-order chi connectivity index (χ1) is 8.48. The average molecular weight is 498 g/mol. The molecule has 0 aromatic heterocycles. The zero-order valence-corrected chi connectivity index (χ0v) is 15.6. The second-order valence-corrected chi connectivity index (χ2v) is 11.8. The molecule has 0 amide bonds. The van der Waals surface area contributed by atoms with Crippen LogP contribution in [0.2, 0.25) is 0 Å². The predicted molar refractivity (Wildman–Crippen MR) is 93.1 cm³/mol. The van der Waals surface area contributed by atoms with Crippen LogP contribution in [0.1, 0.15) is 10.4 Å². The summed E-state index contributed by atoms with van der Waals surface area (Å²) in [4.78, 5) is 0.119. The van der Waals surface area contributed by atoms with E-state index in [0.717, 1.165) is 0 Å². The van der Waals surface area contributed by atoms with Crippen molar-refractivity contribution < 1.29 is 0 Å². The minimum absolute atomic E-state index is 0.119. The van der Waals surface area contributed by atoms with E-state index >= 15 is 0 Å². The Balaban J connectivity index is 2.37. The SMILES string of the molecule is BrC(c1cccc(-c2ccccc2)c1)C(Br)(Br)Br. The summed E-state index contributed by atoms with van der Waals surface area (Å²) in [6.07, 6.45) is 0. The largest absolute Gasteiger partial charge is 0.151 e. The number of rotatable bonds is 2. The van der Waals surface area contributed by atoms with Gasteiger partial charge in [0.15, 0.2) is 2.14 Å². The lowest BCUT2D eigenvalue weighted by Crippen LogP contribution is -2.08. The monoisotopic (exact) mass is 494 g/mol. The molecule has 1 unspecified atom stereocenters. The van der Waals surface area contributed by atoms with Gasteiger partial charge < -0.3 is 0 Å². The third-order valence-electron chi connectivity index (χ3n) is 2.57. The lowest BCUT2D eigenvalue weighted by atomic mass is 10.0. The molecule has 0 aliphatic heterocycles. The Labute approximate surface area is 141 Å². The Kier molecular flexibility index (Phi) is 5.09. The molecule has 2 aromatic carbocycles. The third-order valence-corrected chi connectivity index (χ3v) is 7.01. The summed E-state index contributed by atoms with van der Waals surface area (Å²) in [6, 6.07) is 18.9. The first-order valence-electron chi connectivity index (χ1n) is 5.34. The molecule has 0 saturated heterocycles. The van der Waals surface area contributed by atoms with Crippen molar-refractivity contribution in [3.8, 4) is 11.1 Å². The summed E-state index contributed by atoms with van der Waals surface area (Å²) in [5, 5.41) is 0. The maximum atomic E-state index is 3.67. The fourth-order valence-electron chi connectivity index (χ4n) is 1.70. The molecule has 2 aromatic rings. The van der Waals surface area contributed by atoms with Gasteiger partial charge in [-0.05, 0) is 22.8 Å². The van der Waals surface area contributed by atoms with E-state index < -0.39 is 0 Å². The molecular weight excluding hydrogens is 488 g/mol. The van der Waals surface area contributed by atoms with E-state index in [4.69, 9.17) is 0 Å². The van der Waals surface area contributed by atoms with Crippen LogP contribution in [0, 0.1) is 0 Å². The summed E-state index contributed by atoms with van der Waals surface area (Å²) in [5.41, 5.74) is 3.64. The number of benzene rings is 2. The van der Waals surface area contributed by atoms with Gasteiger partial charge in [0.25, 0.3) is 0 Å². The maximum absolute atomic E-state index is 3.67. The summed E-state index contributed by atoms with van der Waals surface area (Å²) >= 11 is 14.3. The third kappa shape index (κ3) is 3.69. The van der Waals surface area contributed by atoms with Gasteiger partial charge in [-0.2, -0.15) is 0 Å². The molecule has 4 heteroatoms. The van der Waals surface area contributed by atoms with E-state index in [1.54, 1.807) is 0 Å². The van der Waals surface area contributed by atoms with E-state index in [1.165, 1.54) is 16.7 Å². The van der Waals surface area contributed by atoms with Crippen LogP contribution >= 0.6 is 63.7 Å². The molecule has 0 nitrogen and oxygen atoms in total. The van der Waals surface area contributed by atoms with Gasteiger partial charge in [-0.1, -0.05) is 112 Å². The summed E-state index contributed by atoms with van der Waals surface area (Å²) < 4.78 is -0.345. The van der Waals surface area contributed by atoms with E-state index in [0.29, 0.717) is 0 Å². The van der Waals surface area contributed by atoms with Crippen molar-refractivity contribution in [3.63, 3.8) is 0 Å². The van der Waals surface area contributed by atoms with Crippen molar-refractivity contribution in [1.82, 2.24) is 0 Å². The van der Waals surface area contributed by atoms with Gasteiger partial charge in [-0.25, -0.2) is 0 Å². The lowest BCUT2D eigenvalue weighted by Gasteiger charge is -2.20. The van der Waals surface area contributed by atoms with Crippen molar-refractivity contribution in [2.75, 3.05) is 0 Å². The molecule has 0 spiro atoms. The number of hydrogen-bond acceptors (Lipinski definition) is 0. The molecule has 0 radical (unpaired) electrons. The van der Waals surface area contributed by atoms with Gasteiger partial charge in [0.2, 0.25) is 0 Å². The summed E-state index contributed by atoms with van der Waals surface area (Å²) in [5.74, 6) is 0. The van der Waals surface area contributed by atoms with E-state index in [1.807, 2.05) is 6.07 Å². The predicted octanol–water partition coefficient (Wildman–Crippen LogP) is 6.63. The first kappa shape index (κ1) is 14.8. The summed E-state index contributed by atoms with van der Waals surface area (Å²) in [6.45, 7) is 0. The quantitative estimate of drug-likeness (QED) is 0.409. The average Bonchev–Trinajstić information content (AvgIpc) is 2.38. The molecule has 0 aliphatic carbocycles. The van der Waals surface area contributed by atoms with Gasteiger partial charge in [0, 0.05) is 0 Å². The molecule has 0 bridgehead atoms. The van der Waals surface area contributed by atoms with Crippen LogP contribution in [0.3, 0.4) is 0 Å². The van der Waals surface area contributed by atoms with Crippen LogP contribution in [0.25, 0.3) is 11.1 Å². The molecule has 0 fully saturated rings. The van der Waals surface area contributed by atoms with Crippen molar-refractivity contribution >= 4 is 63.7 Å². The van der Waals surface area contributed by atoms with Crippen molar-refractivity contribution in [2.24, 2.45) is 0 Å². The lowest BCUT2D eigenvalue weighted by molar-refractivity contribution is 1.08. The zero-order valence-electron chi connectivity index (χ0n) is 9.29. The van der Waals surface area contributed by atoms with Crippen LogP contribution in [0.5, 0.6) is 0 Å². The standard InChI is InChI=1S/C14H10Br4/c15-13(14(16,17)18)12-8-4-7-11(9-12)10-5-2-1-3-6-10/h1-9,13H. The minimum Gasteiger partial charge on any atom is -0.0804 e. The Hall–Kier alpha value is 0.360. The minimum atomic E-state index is -0.345. The van der Waals surface area contributed by atoms with Crippen LogP contribution < -0.4 is 0 Å². The van der Waals surface area contributed by atoms with Crippen molar-refractivity contribution in [1.29, 1.82) is 0 Å². The molecule has 94 valence electrons. The van der Waals surface area contributed by atoms with Crippen molar-refractivity contribution in [2.45, 2.75) is 6.97 Å². The van der Waals surface area contributed by atoms with E-state index in [-0.39, 0.29) is 6.97 Å². The van der Waals surface area contributed by atoms with Crippen LogP contribution in [0.15, 0.2) is 54.6 Å². The van der Waals surface area contributed by atoms with Gasteiger partial charge in [-0.3, -0.25) is 0 Å². The Morgan fingerprint density at radius 3 is 2.00 bits per heavy atom. The second-order valence-electron chi connectivity index (χ2n) is 3.90. The van der Waals surface area contributed by atoms with Gasteiger partial charge in [0.1, 0.15) is 0 Å². The smallest absolute Gasteiger partial charge is 0.0804 e.